The smallest absolute Gasteiger partial charge is 0.242 e. The summed E-state index contributed by atoms with van der Waals surface area (Å²) in [5, 5.41) is 3.05. The van der Waals surface area contributed by atoms with Crippen molar-refractivity contribution in [2.24, 2.45) is 17.2 Å². The second-order valence-corrected chi connectivity index (χ2v) is 16.0. The Bertz CT molecular complexity index is 2220. The van der Waals surface area contributed by atoms with E-state index in [1.807, 2.05) is 0 Å². The highest BCUT2D eigenvalue weighted by Gasteiger charge is 2.29. The molecule has 19 heteroatoms. The van der Waals surface area contributed by atoms with Crippen molar-refractivity contribution in [2.75, 3.05) is 65.4 Å². The minimum atomic E-state index is -0.846. The second kappa shape index (κ2) is 27.7. The predicted octanol–water partition coefficient (Wildman–Crippen LogP) is 3.04. The molecule has 0 radical (unpaired) electrons. The Kier molecular flexibility index (Phi) is 21.9. The van der Waals surface area contributed by atoms with E-state index >= 15 is 0 Å². The van der Waals surface area contributed by atoms with Gasteiger partial charge in [0.05, 0.1) is 19.6 Å². The molecule has 4 aromatic rings. The van der Waals surface area contributed by atoms with Crippen LogP contribution >= 0.6 is 0 Å². The summed E-state index contributed by atoms with van der Waals surface area (Å²) in [6.45, 7) is -2.36. The Morgan fingerprint density at radius 3 is 1.04 bits per heavy atom. The van der Waals surface area contributed by atoms with E-state index in [9.17, 15) is 46.3 Å². The average molecular weight is 934 g/mol. The summed E-state index contributed by atoms with van der Waals surface area (Å²) < 4.78 is 55.4. The lowest BCUT2D eigenvalue weighted by Crippen LogP contribution is -2.51. The summed E-state index contributed by atoms with van der Waals surface area (Å²) in [6.07, 6.45) is 2.25. The topological polar surface area (TPSA) is 209 Å². The summed E-state index contributed by atoms with van der Waals surface area (Å²) in [5.74, 6) is -6.15. The number of nitrogens with two attached hydrogens (primary N) is 3. The van der Waals surface area contributed by atoms with Crippen molar-refractivity contribution < 1.29 is 46.3 Å². The van der Waals surface area contributed by atoms with E-state index in [1.54, 1.807) is 0 Å². The van der Waals surface area contributed by atoms with Crippen molar-refractivity contribution in [3.63, 3.8) is 0 Å². The molecule has 0 aliphatic carbocycles. The summed E-state index contributed by atoms with van der Waals surface area (Å²) in [7, 11) is 0. The molecule has 15 nitrogen and oxygen atoms in total. The van der Waals surface area contributed by atoms with Gasteiger partial charge in [-0.3, -0.25) is 28.8 Å². The van der Waals surface area contributed by atoms with Gasteiger partial charge in [0.1, 0.15) is 42.9 Å². The maximum atomic E-state index is 14.4. The van der Waals surface area contributed by atoms with Crippen molar-refractivity contribution in [3.8, 4) is 0 Å². The fraction of sp³-hybridized carbons (Fsp3) is 0.375. The number of hydrogen-bond acceptors (Lipinski definition) is 9. The highest BCUT2D eigenvalue weighted by molar-refractivity contribution is 5.92. The fourth-order valence-corrected chi connectivity index (χ4v) is 6.85. The number of halogens is 4. The van der Waals surface area contributed by atoms with Gasteiger partial charge < -0.3 is 47.0 Å². The molecule has 0 heterocycles. The SMILES string of the molecule is NCCCCNCC(=O)N(CC(=O)N(CC(=O)N(CCCCN)CC(=O)N(CC(=O)N(CC(N)=O)Cc1ccc(F)cc1)Cc1ccc(F)cc1)Cc1ccc(F)cc1)Cc1ccc(F)cc1. The van der Waals surface area contributed by atoms with E-state index in [-0.39, 0.29) is 45.8 Å². The van der Waals surface area contributed by atoms with Gasteiger partial charge in [-0.1, -0.05) is 48.5 Å². The van der Waals surface area contributed by atoms with Crippen LogP contribution in [0.5, 0.6) is 0 Å². The van der Waals surface area contributed by atoms with Gasteiger partial charge in [0, 0.05) is 32.7 Å². The number of carbonyl (C=O) groups is 6. The standard InChI is InChI=1S/C48H59F4N9O6/c49-39-13-5-35(6-14-39)26-58(30-43(55)62)47(66)34-61(29-38-11-19-42(52)20-12-38)46(65)31-57(24-4-2-22-54)45(64)32-60(28-37-9-17-41(51)18-10-37)48(67)33-59(27-36-7-15-40(50)16-8-36)44(63)25-56-23-3-1-21-53/h5-20,56H,1-4,21-34,53-54H2,(H2,55,62). The maximum Gasteiger partial charge on any atom is 0.242 e. The number of unbranched alkanes of at least 4 members (excludes halogenated alkanes) is 2. The minimum absolute atomic E-state index is 0.00204. The molecule has 0 aromatic heterocycles. The molecule has 6 amide bonds. The van der Waals surface area contributed by atoms with Gasteiger partial charge in [-0.2, -0.15) is 0 Å². The van der Waals surface area contributed by atoms with E-state index in [0.717, 1.165) is 16.2 Å². The number of amides is 6. The van der Waals surface area contributed by atoms with Crippen molar-refractivity contribution in [1.29, 1.82) is 0 Å². The van der Waals surface area contributed by atoms with Crippen LogP contribution in [0.3, 0.4) is 0 Å². The molecule has 67 heavy (non-hydrogen) atoms. The Morgan fingerprint density at radius 1 is 0.403 bits per heavy atom. The van der Waals surface area contributed by atoms with Crippen molar-refractivity contribution in [1.82, 2.24) is 29.8 Å². The zero-order valence-corrected chi connectivity index (χ0v) is 37.4. The van der Waals surface area contributed by atoms with Crippen LogP contribution in [0, 0.1) is 23.3 Å². The van der Waals surface area contributed by atoms with Gasteiger partial charge in [0.2, 0.25) is 35.4 Å². The molecule has 4 rings (SSSR count). The highest BCUT2D eigenvalue weighted by atomic mass is 19.1. The first kappa shape index (κ1) is 52.9. The van der Waals surface area contributed by atoms with E-state index in [0.29, 0.717) is 54.6 Å². The monoisotopic (exact) mass is 933 g/mol. The molecular weight excluding hydrogens is 875 g/mol. The van der Waals surface area contributed by atoms with Crippen LogP contribution in [0.1, 0.15) is 47.9 Å². The molecule has 0 unspecified atom stereocenters. The fourth-order valence-electron chi connectivity index (χ4n) is 6.85. The molecule has 0 atom stereocenters. The van der Waals surface area contributed by atoms with E-state index in [4.69, 9.17) is 17.2 Å². The van der Waals surface area contributed by atoms with Crippen molar-refractivity contribution in [2.45, 2.75) is 51.9 Å². The Hall–Kier alpha value is -6.70. The molecule has 4 aromatic carbocycles. The predicted molar refractivity (Wildman–Crippen MR) is 242 cm³/mol. The number of benzene rings is 4. The van der Waals surface area contributed by atoms with Crippen molar-refractivity contribution in [3.05, 3.63) is 143 Å². The zero-order chi connectivity index (χ0) is 48.7. The normalized spacial score (nSPS) is 10.9. The lowest BCUT2D eigenvalue weighted by Gasteiger charge is -2.32. The van der Waals surface area contributed by atoms with Crippen molar-refractivity contribution >= 4 is 35.4 Å². The summed E-state index contributed by atoms with van der Waals surface area (Å²) in [4.78, 5) is 88.7. The largest absolute Gasteiger partial charge is 0.368 e. The lowest BCUT2D eigenvalue weighted by atomic mass is 10.2. The van der Waals surface area contributed by atoms with Crippen LogP contribution < -0.4 is 22.5 Å². The third-order valence-electron chi connectivity index (χ3n) is 10.5. The van der Waals surface area contributed by atoms with Crippen LogP contribution in [-0.2, 0) is 54.9 Å². The molecule has 0 saturated carbocycles. The first-order valence-corrected chi connectivity index (χ1v) is 21.9. The van der Waals surface area contributed by atoms with Gasteiger partial charge >= 0.3 is 0 Å². The number of nitrogens with one attached hydrogen (secondary N) is 1. The third kappa shape index (κ3) is 19.0. The molecule has 0 aliphatic rings. The number of hydrogen-bond donors (Lipinski definition) is 4. The molecule has 0 spiro atoms. The van der Waals surface area contributed by atoms with Crippen LogP contribution in [0.15, 0.2) is 97.1 Å². The number of nitrogens with zero attached hydrogens (tertiary/aromatic N) is 5. The first-order valence-electron chi connectivity index (χ1n) is 21.9. The maximum absolute atomic E-state index is 14.4. The van der Waals surface area contributed by atoms with Gasteiger partial charge in [-0.25, -0.2) is 17.6 Å². The van der Waals surface area contributed by atoms with E-state index in [2.05, 4.69) is 5.32 Å². The number of rotatable bonds is 28. The first-order chi connectivity index (χ1) is 32.1. The van der Waals surface area contributed by atoms with Gasteiger partial charge in [-0.15, -0.1) is 0 Å². The van der Waals surface area contributed by atoms with Gasteiger partial charge in [-0.05, 0) is 116 Å². The van der Waals surface area contributed by atoms with Gasteiger partial charge in [0.25, 0.3) is 0 Å². The van der Waals surface area contributed by atoms with Crippen LogP contribution in [-0.4, -0.2) is 125 Å². The summed E-state index contributed by atoms with van der Waals surface area (Å²) in [6, 6.07) is 21.1. The second-order valence-electron chi connectivity index (χ2n) is 16.0. The van der Waals surface area contributed by atoms with Crippen LogP contribution in [0.25, 0.3) is 0 Å². The van der Waals surface area contributed by atoms with Crippen LogP contribution in [0.2, 0.25) is 0 Å². The van der Waals surface area contributed by atoms with E-state index < -0.39 is 91.4 Å². The summed E-state index contributed by atoms with van der Waals surface area (Å²) >= 11 is 0. The lowest BCUT2D eigenvalue weighted by molar-refractivity contribution is -0.148. The molecule has 0 aliphatic heterocycles. The van der Waals surface area contributed by atoms with E-state index in [1.165, 1.54) is 112 Å². The minimum Gasteiger partial charge on any atom is -0.368 e. The molecule has 0 fully saturated rings. The number of primary amides is 1. The molecule has 360 valence electrons. The Labute approximate surface area is 387 Å². The molecule has 7 N–H and O–H groups in total. The average Bonchev–Trinajstić information content (AvgIpc) is 3.30. The Balaban J connectivity index is 1.63. The zero-order valence-electron chi connectivity index (χ0n) is 37.4. The highest BCUT2D eigenvalue weighted by Crippen LogP contribution is 2.15. The van der Waals surface area contributed by atoms with Crippen LogP contribution in [0.4, 0.5) is 17.6 Å². The third-order valence-corrected chi connectivity index (χ3v) is 10.5. The quantitative estimate of drug-likeness (QED) is 0.0487. The molecule has 0 saturated heterocycles. The molecular formula is C48H59F4N9O6. The Morgan fingerprint density at radius 2 is 0.701 bits per heavy atom. The van der Waals surface area contributed by atoms with Gasteiger partial charge in [0.15, 0.2) is 0 Å². The molecule has 0 bridgehead atoms. The summed E-state index contributed by atoms with van der Waals surface area (Å²) in [5.41, 5.74) is 18.8. The number of carbonyl (C=O) groups excluding carboxylic acids is 6.